The predicted octanol–water partition coefficient (Wildman–Crippen LogP) is -0.125. The minimum atomic E-state index is -0.914. The Morgan fingerprint density at radius 3 is 2.67 bits per heavy atom. The first-order chi connectivity index (χ1) is 8.99. The first-order valence-electron chi connectivity index (χ1n) is 5.86. The van der Waals surface area contributed by atoms with Crippen molar-refractivity contribution < 1.29 is 16.1 Å². The fourth-order valence-electron chi connectivity index (χ4n) is 1.33. The number of rotatable bonds is 6. The van der Waals surface area contributed by atoms with Crippen molar-refractivity contribution in [1.29, 1.82) is 0 Å². The second kappa shape index (κ2) is 7.03. The van der Waals surface area contributed by atoms with Crippen LogP contribution in [-0.4, -0.2) is 35.1 Å². The zero-order valence-electron chi connectivity index (χ0n) is 10.7. The fourth-order valence-corrected chi connectivity index (χ4v) is 1.49. The van der Waals surface area contributed by atoms with E-state index in [9.17, 15) is 9.59 Å². The smallest absolute Gasteiger partial charge is 0.238 e. The highest BCUT2D eigenvalue weighted by Gasteiger charge is 2.16. The van der Waals surface area contributed by atoms with Crippen LogP contribution >= 0.6 is 12.6 Å². The lowest BCUT2D eigenvalue weighted by Crippen LogP contribution is -2.47. The van der Waals surface area contributed by atoms with E-state index in [1.807, 2.05) is 0 Å². The van der Waals surface area contributed by atoms with Gasteiger partial charge in [0.05, 0.1) is 12.1 Å². The number of nitrogens with one attached hydrogen (secondary N) is 1. The number of hydrogen-bond donors (Lipinski definition) is 4. The molecule has 18 heavy (non-hydrogen) atoms. The van der Waals surface area contributed by atoms with E-state index >= 15 is 0 Å². The number of thiol groups is 1. The molecule has 0 aliphatic heterocycles. The van der Waals surface area contributed by atoms with Crippen LogP contribution in [0.5, 0.6) is 5.75 Å². The van der Waals surface area contributed by atoms with Crippen molar-refractivity contribution in [3.8, 4) is 5.75 Å². The molecule has 0 aliphatic rings. The Morgan fingerprint density at radius 2 is 2.17 bits per heavy atom. The molecular weight excluding hydrogens is 252 g/mol. The van der Waals surface area contributed by atoms with E-state index < -0.39 is 18.0 Å². The highest BCUT2D eigenvalue weighted by molar-refractivity contribution is 7.80. The van der Waals surface area contributed by atoms with E-state index in [0.717, 1.165) is 5.56 Å². The van der Waals surface area contributed by atoms with Gasteiger partial charge >= 0.3 is 0 Å². The summed E-state index contributed by atoms with van der Waals surface area (Å²) in [5, 5.41) is 9.74. The van der Waals surface area contributed by atoms with Crippen LogP contribution in [0.4, 0.5) is 0 Å². The topological polar surface area (TPSA) is 92.4 Å². The van der Waals surface area contributed by atoms with E-state index in [4.69, 9.17) is 12.3 Å². The molecule has 98 valence electrons. The Labute approximate surface area is 112 Å². The van der Waals surface area contributed by atoms with E-state index in [2.05, 4.69) is 12.6 Å². The van der Waals surface area contributed by atoms with Gasteiger partial charge in [0.25, 0.3) is 0 Å². The number of amides is 1. The number of aromatic hydroxyl groups is 1. The number of carbonyl (C=O) groups is 2. The van der Waals surface area contributed by atoms with Gasteiger partial charge in [-0.15, -0.1) is 0 Å². The molecular formula is C12H16N2O3S. The number of aldehydes is 1. The molecule has 1 amide bonds. The normalized spacial score (nSPS) is 14.4. The van der Waals surface area contributed by atoms with Gasteiger partial charge in [-0.2, -0.15) is 12.6 Å². The highest BCUT2D eigenvalue weighted by atomic mass is 32.1. The molecule has 0 radical (unpaired) electrons. The van der Waals surface area contributed by atoms with Crippen LogP contribution in [0.15, 0.2) is 24.3 Å². The number of benzene rings is 1. The van der Waals surface area contributed by atoms with Gasteiger partial charge in [-0.25, -0.2) is 0 Å². The second-order valence-corrected chi connectivity index (χ2v) is 4.20. The van der Waals surface area contributed by atoms with Crippen molar-refractivity contribution in [3.63, 3.8) is 0 Å². The van der Waals surface area contributed by atoms with Gasteiger partial charge in [0.2, 0.25) is 5.91 Å². The number of hydrogen-bond acceptors (Lipinski definition) is 5. The van der Waals surface area contributed by atoms with Crippen molar-refractivity contribution >= 4 is 24.8 Å². The molecule has 0 aliphatic carbocycles. The van der Waals surface area contributed by atoms with Crippen LogP contribution in [0.2, 0.25) is 1.41 Å². The van der Waals surface area contributed by atoms with E-state index in [0.29, 0.717) is 11.6 Å². The first kappa shape index (κ1) is 12.9. The molecule has 0 aromatic heterocycles. The molecule has 2 atom stereocenters. The lowest BCUT2D eigenvalue weighted by atomic mass is 10.1. The maximum absolute atomic E-state index is 11.7. The quantitative estimate of drug-likeness (QED) is 0.428. The lowest BCUT2D eigenvalue weighted by Gasteiger charge is -2.15. The minimum absolute atomic E-state index is 0.110. The Bertz CT molecular complexity index is 441. The Balaban J connectivity index is 2.75. The van der Waals surface area contributed by atoms with Crippen LogP contribution in [0.25, 0.3) is 0 Å². The van der Waals surface area contributed by atoms with Crippen LogP contribution < -0.4 is 11.0 Å². The third-order valence-corrected chi connectivity index (χ3v) is 2.74. The van der Waals surface area contributed by atoms with Crippen molar-refractivity contribution in [1.82, 2.24) is 5.31 Å². The number of phenols is 1. The van der Waals surface area contributed by atoms with Gasteiger partial charge in [-0.05, 0) is 24.1 Å². The molecule has 0 saturated heterocycles. The van der Waals surface area contributed by atoms with Crippen molar-refractivity contribution in [2.24, 2.45) is 5.73 Å². The van der Waals surface area contributed by atoms with E-state index in [1.165, 1.54) is 12.1 Å². The van der Waals surface area contributed by atoms with Crippen LogP contribution in [0, 0.1) is 0 Å². The van der Waals surface area contributed by atoms with Crippen LogP contribution in [0.3, 0.4) is 0 Å². The fraction of sp³-hybridized carbons (Fsp3) is 0.333. The molecule has 0 heterocycles. The van der Waals surface area contributed by atoms with Crippen molar-refractivity contribution in [2.45, 2.75) is 18.5 Å². The van der Waals surface area contributed by atoms with Crippen molar-refractivity contribution in [3.05, 3.63) is 29.8 Å². The highest BCUT2D eigenvalue weighted by Crippen LogP contribution is 2.10. The number of phenolic OH excluding ortho intramolecular Hbond substituents is 1. The van der Waals surface area contributed by atoms with Gasteiger partial charge in [-0.3, -0.25) is 4.79 Å². The molecule has 4 N–H and O–H groups in total. The molecule has 1 rings (SSSR count). The van der Waals surface area contributed by atoms with Crippen LogP contribution in [0.1, 0.15) is 5.56 Å². The summed E-state index contributed by atoms with van der Waals surface area (Å²) in [4.78, 5) is 22.7. The molecule has 0 bridgehead atoms. The van der Waals surface area contributed by atoms with Gasteiger partial charge in [-0.1, -0.05) is 12.1 Å². The van der Waals surface area contributed by atoms with E-state index in [1.54, 1.807) is 12.1 Å². The summed E-state index contributed by atoms with van der Waals surface area (Å²) in [6.07, 6.45) is 0.724. The Kier molecular flexibility index (Phi) is 5.04. The summed E-state index contributed by atoms with van der Waals surface area (Å²) in [7, 11) is 0. The minimum Gasteiger partial charge on any atom is -0.508 e. The number of nitrogens with two attached hydrogens (primary N) is 1. The van der Waals surface area contributed by atoms with Gasteiger partial charge in [0.15, 0.2) is 1.41 Å². The van der Waals surface area contributed by atoms with E-state index in [-0.39, 0.29) is 17.9 Å². The summed E-state index contributed by atoms with van der Waals surface area (Å²) < 4.78 is 7.65. The predicted molar refractivity (Wildman–Crippen MR) is 71.6 cm³/mol. The second-order valence-electron chi connectivity index (χ2n) is 3.83. The summed E-state index contributed by atoms with van der Waals surface area (Å²) in [5.74, 6) is -0.424. The molecule has 1 aromatic rings. The standard InChI is InChI=1S/C12H16N2O3S/c13-11(7-18)12(17)14-9(6-15)5-8-1-3-10(16)4-2-8/h1-4,6,9,11,16,18H,5,7,13H2,(H,14,17)/t9-,11-/m0/s1/i/hD. The average Bonchev–Trinajstić information content (AvgIpc) is 2.44. The summed E-state index contributed by atoms with van der Waals surface area (Å²) in [6.45, 7) is 0. The Hall–Kier alpha value is -1.53. The zero-order chi connectivity index (χ0) is 14.4. The lowest BCUT2D eigenvalue weighted by molar-refractivity contribution is -0.124. The maximum atomic E-state index is 11.7. The monoisotopic (exact) mass is 269 g/mol. The summed E-state index contributed by atoms with van der Waals surface area (Å²) >= 11 is 3.89. The SMILES string of the molecule is [2H]N(C(=O)[C@@H](N)CS)[C@H](C=O)Cc1ccc(O)cc1. The molecule has 0 spiro atoms. The molecule has 0 saturated carbocycles. The summed E-state index contributed by atoms with van der Waals surface area (Å²) in [5.41, 5.74) is 6.22. The largest absolute Gasteiger partial charge is 0.508 e. The molecule has 1 aromatic carbocycles. The molecule has 5 nitrogen and oxygen atoms in total. The summed E-state index contributed by atoms with van der Waals surface area (Å²) in [6, 6.07) is 4.40. The Morgan fingerprint density at radius 1 is 1.56 bits per heavy atom. The third-order valence-electron chi connectivity index (χ3n) is 2.35. The molecule has 0 unspecified atom stereocenters. The third kappa shape index (κ3) is 4.38. The first-order valence-corrected chi connectivity index (χ1v) is 6.04. The van der Waals surface area contributed by atoms with Crippen molar-refractivity contribution in [2.75, 3.05) is 5.75 Å². The van der Waals surface area contributed by atoms with Gasteiger partial charge in [0, 0.05) is 5.75 Å². The number of carbonyl (C=O) groups excluding carboxylic acids is 2. The van der Waals surface area contributed by atoms with Gasteiger partial charge < -0.3 is 20.9 Å². The van der Waals surface area contributed by atoms with Crippen LogP contribution in [-0.2, 0) is 16.0 Å². The van der Waals surface area contributed by atoms with Gasteiger partial charge in [0.1, 0.15) is 12.0 Å². The molecule has 6 heteroatoms. The maximum Gasteiger partial charge on any atom is 0.238 e. The average molecular weight is 269 g/mol. The zero-order valence-corrected chi connectivity index (χ0v) is 10.6. The molecule has 0 fully saturated rings.